The van der Waals surface area contributed by atoms with Gasteiger partial charge < -0.3 is 16.4 Å². The molecule has 27 heavy (non-hydrogen) atoms. The molecule has 0 radical (unpaired) electrons. The minimum atomic E-state index is -0.419. The number of aliphatic imine (C=N–C) groups is 1. The molecular formula is C20H26FIN4O. The van der Waals surface area contributed by atoms with E-state index in [1.54, 1.807) is 19.2 Å². The number of carbonyl (C=O) groups is 1. The number of nitrogens with one attached hydrogen (secondary N) is 2. The molecule has 0 aliphatic heterocycles. The van der Waals surface area contributed by atoms with Gasteiger partial charge >= 0.3 is 0 Å². The van der Waals surface area contributed by atoms with Crippen LogP contribution in [0.3, 0.4) is 0 Å². The van der Waals surface area contributed by atoms with Crippen molar-refractivity contribution in [2.75, 3.05) is 13.6 Å². The van der Waals surface area contributed by atoms with Gasteiger partial charge in [0.1, 0.15) is 5.82 Å². The van der Waals surface area contributed by atoms with E-state index in [0.717, 1.165) is 5.56 Å². The summed E-state index contributed by atoms with van der Waals surface area (Å²) < 4.78 is 13.0. The summed E-state index contributed by atoms with van der Waals surface area (Å²) in [6, 6.07) is 14.2. The lowest BCUT2D eigenvalue weighted by Gasteiger charge is -2.17. The number of hydrogen-bond donors (Lipinski definition) is 3. The van der Waals surface area contributed by atoms with Crippen LogP contribution in [-0.2, 0) is 17.8 Å². The first kappa shape index (κ1) is 22.9. The first-order chi connectivity index (χ1) is 12.5. The molecule has 0 aromatic heterocycles. The van der Waals surface area contributed by atoms with E-state index in [2.05, 4.69) is 34.7 Å². The Hall–Kier alpha value is -2.16. The largest absolute Gasteiger partial charge is 0.369 e. The molecule has 2 aromatic rings. The molecule has 2 aromatic carbocycles. The minimum Gasteiger partial charge on any atom is -0.369 e. The fourth-order valence-electron chi connectivity index (χ4n) is 2.61. The summed E-state index contributed by atoms with van der Waals surface area (Å²) in [6.45, 7) is 3.03. The predicted molar refractivity (Wildman–Crippen MR) is 118 cm³/mol. The van der Waals surface area contributed by atoms with E-state index >= 15 is 0 Å². The topological polar surface area (TPSA) is 79.5 Å². The van der Waals surface area contributed by atoms with Gasteiger partial charge in [0.25, 0.3) is 0 Å². The molecule has 146 valence electrons. The number of halogens is 2. The normalized spacial score (nSPS) is 12.0. The van der Waals surface area contributed by atoms with Gasteiger partial charge in [0.15, 0.2) is 5.96 Å². The molecule has 0 aliphatic rings. The van der Waals surface area contributed by atoms with Gasteiger partial charge in [0, 0.05) is 20.1 Å². The summed E-state index contributed by atoms with van der Waals surface area (Å²) >= 11 is 0. The maximum atomic E-state index is 13.0. The quantitative estimate of drug-likeness (QED) is 0.321. The van der Waals surface area contributed by atoms with Gasteiger partial charge in [-0.15, -0.1) is 24.0 Å². The molecule has 4 N–H and O–H groups in total. The zero-order valence-corrected chi connectivity index (χ0v) is 17.9. The molecule has 0 bridgehead atoms. The van der Waals surface area contributed by atoms with E-state index < -0.39 is 11.8 Å². The number of nitrogens with zero attached hydrogens (tertiary/aromatic N) is 1. The molecule has 1 atom stereocenters. The summed E-state index contributed by atoms with van der Waals surface area (Å²) in [5.74, 6) is -0.532. The molecule has 1 amide bonds. The Kier molecular flexibility index (Phi) is 9.77. The van der Waals surface area contributed by atoms with Crippen molar-refractivity contribution in [3.8, 4) is 0 Å². The Morgan fingerprint density at radius 3 is 2.41 bits per heavy atom. The number of nitrogens with two attached hydrogens (primary N) is 1. The number of hydrogen-bond acceptors (Lipinski definition) is 2. The predicted octanol–water partition coefficient (Wildman–Crippen LogP) is 2.76. The highest BCUT2D eigenvalue weighted by Crippen LogP contribution is 2.10. The zero-order chi connectivity index (χ0) is 18.9. The highest BCUT2D eigenvalue weighted by atomic mass is 127. The van der Waals surface area contributed by atoms with Crippen molar-refractivity contribution in [3.63, 3.8) is 0 Å². The van der Waals surface area contributed by atoms with E-state index in [-0.39, 0.29) is 29.8 Å². The summed E-state index contributed by atoms with van der Waals surface area (Å²) in [6.07, 6.45) is 0.442. The third-order valence-electron chi connectivity index (χ3n) is 4.24. The molecule has 0 heterocycles. The number of primary amides is 1. The van der Waals surface area contributed by atoms with Gasteiger partial charge in [-0.2, -0.15) is 0 Å². The van der Waals surface area contributed by atoms with Crippen molar-refractivity contribution in [2.45, 2.75) is 19.9 Å². The van der Waals surface area contributed by atoms with E-state index in [1.165, 1.54) is 23.3 Å². The molecule has 0 saturated heterocycles. The molecule has 0 saturated carbocycles. The highest BCUT2D eigenvalue weighted by molar-refractivity contribution is 14.0. The third-order valence-corrected chi connectivity index (χ3v) is 4.24. The lowest BCUT2D eigenvalue weighted by molar-refractivity contribution is -0.121. The summed E-state index contributed by atoms with van der Waals surface area (Å²) in [7, 11) is 1.67. The van der Waals surface area contributed by atoms with Crippen molar-refractivity contribution >= 4 is 35.8 Å². The van der Waals surface area contributed by atoms with Crippen LogP contribution < -0.4 is 16.4 Å². The first-order valence-electron chi connectivity index (χ1n) is 8.52. The Bertz CT molecular complexity index is 765. The van der Waals surface area contributed by atoms with Crippen LogP contribution in [0.2, 0.25) is 0 Å². The number of carbonyl (C=O) groups excluding carboxylic acids is 1. The zero-order valence-electron chi connectivity index (χ0n) is 15.5. The fourth-order valence-corrected chi connectivity index (χ4v) is 2.61. The molecule has 1 unspecified atom stereocenters. The van der Waals surface area contributed by atoms with Crippen LogP contribution >= 0.6 is 24.0 Å². The molecular weight excluding hydrogens is 458 g/mol. The fraction of sp³-hybridized carbons (Fsp3) is 0.300. The van der Waals surface area contributed by atoms with Crippen molar-refractivity contribution in [2.24, 2.45) is 16.6 Å². The van der Waals surface area contributed by atoms with Crippen molar-refractivity contribution < 1.29 is 9.18 Å². The Labute approximate surface area is 176 Å². The lowest BCUT2D eigenvalue weighted by Crippen LogP contribution is -2.42. The van der Waals surface area contributed by atoms with Crippen LogP contribution in [0.15, 0.2) is 53.5 Å². The average molecular weight is 484 g/mol. The van der Waals surface area contributed by atoms with E-state index in [4.69, 9.17) is 5.73 Å². The van der Waals surface area contributed by atoms with E-state index in [1.807, 2.05) is 12.1 Å². The second-order valence-corrected chi connectivity index (χ2v) is 6.16. The SMILES string of the molecule is CN=C(NCc1ccccc1C)NCC(Cc1ccc(F)cc1)C(N)=O.I. The molecule has 0 spiro atoms. The number of guanidine groups is 1. The number of rotatable bonds is 7. The monoisotopic (exact) mass is 484 g/mol. The maximum absolute atomic E-state index is 13.0. The molecule has 0 aliphatic carbocycles. The average Bonchev–Trinajstić information content (AvgIpc) is 2.63. The highest BCUT2D eigenvalue weighted by Gasteiger charge is 2.16. The maximum Gasteiger partial charge on any atom is 0.222 e. The van der Waals surface area contributed by atoms with Crippen LogP contribution in [0, 0.1) is 18.7 Å². The smallest absolute Gasteiger partial charge is 0.222 e. The van der Waals surface area contributed by atoms with Crippen LogP contribution in [-0.4, -0.2) is 25.5 Å². The molecule has 5 nitrogen and oxygen atoms in total. The van der Waals surface area contributed by atoms with Gasteiger partial charge in [-0.1, -0.05) is 36.4 Å². The van der Waals surface area contributed by atoms with Gasteiger partial charge in [0.2, 0.25) is 5.91 Å². The summed E-state index contributed by atoms with van der Waals surface area (Å²) in [5.41, 5.74) is 8.75. The lowest BCUT2D eigenvalue weighted by atomic mass is 9.98. The molecule has 0 fully saturated rings. The molecule has 2 rings (SSSR count). The van der Waals surface area contributed by atoms with Crippen LogP contribution in [0.25, 0.3) is 0 Å². The van der Waals surface area contributed by atoms with Crippen LogP contribution in [0.4, 0.5) is 4.39 Å². The molecule has 7 heteroatoms. The van der Waals surface area contributed by atoms with E-state index in [0.29, 0.717) is 25.5 Å². The second-order valence-electron chi connectivity index (χ2n) is 6.16. The summed E-state index contributed by atoms with van der Waals surface area (Å²) in [5, 5.41) is 6.37. The third kappa shape index (κ3) is 7.54. The number of amides is 1. The van der Waals surface area contributed by atoms with Gasteiger partial charge in [0.05, 0.1) is 5.92 Å². The number of benzene rings is 2. The van der Waals surface area contributed by atoms with E-state index in [9.17, 15) is 9.18 Å². The Morgan fingerprint density at radius 2 is 1.81 bits per heavy atom. The van der Waals surface area contributed by atoms with Gasteiger partial charge in [-0.3, -0.25) is 9.79 Å². The minimum absolute atomic E-state index is 0. The van der Waals surface area contributed by atoms with Crippen LogP contribution in [0.5, 0.6) is 0 Å². The Balaban J connectivity index is 0.00000364. The van der Waals surface area contributed by atoms with Crippen molar-refractivity contribution in [3.05, 3.63) is 71.0 Å². The van der Waals surface area contributed by atoms with Crippen molar-refractivity contribution in [1.82, 2.24) is 10.6 Å². The first-order valence-corrected chi connectivity index (χ1v) is 8.52. The number of aryl methyl sites for hydroxylation is 1. The standard InChI is InChI=1S/C20H25FN4O.HI/c1-14-5-3-4-6-16(14)12-24-20(23-2)25-13-17(19(22)26)11-15-7-9-18(21)10-8-15;/h3-10,17H,11-13H2,1-2H3,(H2,22,26)(H2,23,24,25);1H. The van der Waals surface area contributed by atoms with Gasteiger partial charge in [-0.25, -0.2) is 4.39 Å². The van der Waals surface area contributed by atoms with Gasteiger partial charge in [-0.05, 0) is 42.2 Å². The van der Waals surface area contributed by atoms with Crippen LogP contribution in [0.1, 0.15) is 16.7 Å². The van der Waals surface area contributed by atoms with Crippen molar-refractivity contribution in [1.29, 1.82) is 0 Å². The Morgan fingerprint density at radius 1 is 1.15 bits per heavy atom. The second kappa shape index (κ2) is 11.5. The summed E-state index contributed by atoms with van der Waals surface area (Å²) in [4.78, 5) is 15.9.